The second kappa shape index (κ2) is 7.13. The maximum absolute atomic E-state index is 11.9. The van der Waals surface area contributed by atoms with Gasteiger partial charge in [-0.15, -0.1) is 0 Å². The Morgan fingerprint density at radius 2 is 2.00 bits per heavy atom. The molecule has 0 heterocycles. The molecule has 1 amide bonds. The van der Waals surface area contributed by atoms with E-state index in [1.807, 2.05) is 32.0 Å². The number of carbonyl (C=O) groups excluding carboxylic acids is 1. The van der Waals surface area contributed by atoms with Gasteiger partial charge in [0.15, 0.2) is 0 Å². The van der Waals surface area contributed by atoms with Gasteiger partial charge in [-0.25, -0.2) is 0 Å². The van der Waals surface area contributed by atoms with E-state index >= 15 is 0 Å². The molecule has 0 N–H and O–H groups in total. The molecule has 0 aliphatic heterocycles. The molecule has 0 fully saturated rings. The van der Waals surface area contributed by atoms with Crippen molar-refractivity contribution in [2.24, 2.45) is 0 Å². The van der Waals surface area contributed by atoms with Crippen molar-refractivity contribution < 1.29 is 14.3 Å². The number of benzene rings is 1. The Hall–Kier alpha value is -1.39. The third kappa shape index (κ3) is 3.82. The van der Waals surface area contributed by atoms with Crippen LogP contribution in [0.1, 0.15) is 11.1 Å². The van der Waals surface area contributed by atoms with Crippen LogP contribution in [0, 0.1) is 13.8 Å². The van der Waals surface area contributed by atoms with E-state index in [4.69, 9.17) is 9.47 Å². The highest BCUT2D eigenvalue weighted by atomic mass is 16.5. The normalized spacial score (nSPS) is 10.4. The topological polar surface area (TPSA) is 38.8 Å². The molecule has 100 valence electrons. The van der Waals surface area contributed by atoms with E-state index in [-0.39, 0.29) is 12.5 Å². The molecule has 0 aliphatic rings. The van der Waals surface area contributed by atoms with Crippen LogP contribution >= 0.6 is 0 Å². The Bertz CT molecular complexity index is 404. The number of hydrogen-bond donors (Lipinski definition) is 0. The van der Waals surface area contributed by atoms with Gasteiger partial charge in [0.2, 0.25) is 0 Å². The third-order valence-corrected chi connectivity index (χ3v) is 2.97. The first-order valence-electron chi connectivity index (χ1n) is 5.97. The summed E-state index contributed by atoms with van der Waals surface area (Å²) in [5, 5.41) is 0. The van der Waals surface area contributed by atoms with Crippen LogP contribution in [0.25, 0.3) is 0 Å². The molecule has 4 nitrogen and oxygen atoms in total. The molecule has 0 aliphatic carbocycles. The van der Waals surface area contributed by atoms with Gasteiger partial charge < -0.3 is 14.4 Å². The van der Waals surface area contributed by atoms with Crippen LogP contribution in [-0.2, 0) is 14.3 Å². The van der Waals surface area contributed by atoms with Gasteiger partial charge in [0.05, 0.1) is 13.2 Å². The average Bonchev–Trinajstić information content (AvgIpc) is 2.37. The van der Waals surface area contributed by atoms with Crippen molar-refractivity contribution in [1.29, 1.82) is 0 Å². The summed E-state index contributed by atoms with van der Waals surface area (Å²) in [5.41, 5.74) is 3.22. The molecule has 0 spiro atoms. The summed E-state index contributed by atoms with van der Waals surface area (Å²) < 4.78 is 10.1. The summed E-state index contributed by atoms with van der Waals surface area (Å²) in [4.78, 5) is 13.6. The molecule has 0 bridgehead atoms. The number of aryl methyl sites for hydroxylation is 1. The SMILES string of the molecule is COCCOCC(=O)N(C)c1cccc(C)c1C. The summed E-state index contributed by atoms with van der Waals surface area (Å²) in [7, 11) is 3.37. The number of amides is 1. The van der Waals surface area contributed by atoms with Crippen LogP contribution in [0.5, 0.6) is 0 Å². The molecule has 1 aromatic rings. The van der Waals surface area contributed by atoms with Gasteiger partial charge in [0.25, 0.3) is 5.91 Å². The van der Waals surface area contributed by atoms with Crippen LogP contribution < -0.4 is 4.90 Å². The van der Waals surface area contributed by atoms with E-state index in [1.165, 1.54) is 5.56 Å². The molecule has 18 heavy (non-hydrogen) atoms. The molecular formula is C14H21NO3. The lowest BCUT2D eigenvalue weighted by atomic mass is 10.1. The van der Waals surface area contributed by atoms with Crippen LogP contribution in [0.2, 0.25) is 0 Å². The van der Waals surface area contributed by atoms with E-state index in [9.17, 15) is 4.79 Å². The number of carbonyl (C=O) groups is 1. The first-order valence-corrected chi connectivity index (χ1v) is 5.97. The Morgan fingerprint density at radius 3 is 2.67 bits per heavy atom. The lowest BCUT2D eigenvalue weighted by Crippen LogP contribution is -2.31. The molecule has 0 radical (unpaired) electrons. The molecule has 1 rings (SSSR count). The number of rotatable bonds is 6. The van der Waals surface area contributed by atoms with Crippen molar-refractivity contribution in [3.63, 3.8) is 0 Å². The molecule has 0 aromatic heterocycles. The number of likely N-dealkylation sites (N-methyl/N-ethyl adjacent to an activating group) is 1. The lowest BCUT2D eigenvalue weighted by Gasteiger charge is -2.20. The predicted molar refractivity (Wildman–Crippen MR) is 72.0 cm³/mol. The third-order valence-electron chi connectivity index (χ3n) is 2.97. The van der Waals surface area contributed by atoms with E-state index in [1.54, 1.807) is 19.1 Å². The van der Waals surface area contributed by atoms with Gasteiger partial charge in [-0.2, -0.15) is 0 Å². The molecule has 0 unspecified atom stereocenters. The zero-order valence-electron chi connectivity index (χ0n) is 11.5. The van der Waals surface area contributed by atoms with Crippen LogP contribution in [0.3, 0.4) is 0 Å². The standard InChI is InChI=1S/C14H21NO3/c1-11-6-5-7-13(12(11)2)15(3)14(16)10-18-9-8-17-4/h5-7H,8-10H2,1-4H3. The second-order valence-corrected chi connectivity index (χ2v) is 4.22. The van der Waals surface area contributed by atoms with Crippen molar-refractivity contribution >= 4 is 11.6 Å². The molecule has 1 aromatic carbocycles. The van der Waals surface area contributed by atoms with Gasteiger partial charge in [-0.1, -0.05) is 12.1 Å². The fourth-order valence-corrected chi connectivity index (χ4v) is 1.63. The fourth-order valence-electron chi connectivity index (χ4n) is 1.63. The minimum absolute atomic E-state index is 0.0557. The van der Waals surface area contributed by atoms with Crippen LogP contribution in [0.15, 0.2) is 18.2 Å². The zero-order chi connectivity index (χ0) is 13.5. The molecule has 0 saturated heterocycles. The van der Waals surface area contributed by atoms with Crippen molar-refractivity contribution in [3.8, 4) is 0 Å². The monoisotopic (exact) mass is 251 g/mol. The maximum atomic E-state index is 11.9. The van der Waals surface area contributed by atoms with Gasteiger partial charge in [-0.3, -0.25) is 4.79 Å². The zero-order valence-corrected chi connectivity index (χ0v) is 11.5. The first kappa shape index (κ1) is 14.7. The number of nitrogens with zero attached hydrogens (tertiary/aromatic N) is 1. The van der Waals surface area contributed by atoms with E-state index in [0.29, 0.717) is 13.2 Å². The van der Waals surface area contributed by atoms with E-state index in [0.717, 1.165) is 11.3 Å². The van der Waals surface area contributed by atoms with Crippen molar-refractivity contribution in [1.82, 2.24) is 0 Å². The van der Waals surface area contributed by atoms with E-state index in [2.05, 4.69) is 0 Å². The Morgan fingerprint density at radius 1 is 1.28 bits per heavy atom. The number of methoxy groups -OCH3 is 1. The molecule has 0 atom stereocenters. The second-order valence-electron chi connectivity index (χ2n) is 4.22. The number of ether oxygens (including phenoxy) is 2. The molecular weight excluding hydrogens is 230 g/mol. The minimum Gasteiger partial charge on any atom is -0.382 e. The van der Waals surface area contributed by atoms with E-state index < -0.39 is 0 Å². The van der Waals surface area contributed by atoms with Gasteiger partial charge >= 0.3 is 0 Å². The highest BCUT2D eigenvalue weighted by Crippen LogP contribution is 2.21. The Labute approximate surface area is 108 Å². The number of anilines is 1. The highest BCUT2D eigenvalue weighted by molar-refractivity contribution is 5.94. The molecule has 0 saturated carbocycles. The first-order chi connectivity index (χ1) is 8.57. The van der Waals surface area contributed by atoms with Gasteiger partial charge in [0.1, 0.15) is 6.61 Å². The van der Waals surface area contributed by atoms with Gasteiger partial charge in [0, 0.05) is 19.8 Å². The maximum Gasteiger partial charge on any atom is 0.252 e. The quantitative estimate of drug-likeness (QED) is 0.725. The minimum atomic E-state index is -0.0557. The summed E-state index contributed by atoms with van der Waals surface area (Å²) in [5.74, 6) is -0.0557. The fraction of sp³-hybridized carbons (Fsp3) is 0.500. The average molecular weight is 251 g/mol. The van der Waals surface area contributed by atoms with Gasteiger partial charge in [-0.05, 0) is 31.0 Å². The van der Waals surface area contributed by atoms with Crippen molar-refractivity contribution in [3.05, 3.63) is 29.3 Å². The summed E-state index contributed by atoms with van der Waals surface area (Å²) >= 11 is 0. The van der Waals surface area contributed by atoms with Crippen molar-refractivity contribution in [2.45, 2.75) is 13.8 Å². The summed E-state index contributed by atoms with van der Waals surface area (Å²) in [6.45, 7) is 5.06. The molecule has 4 heteroatoms. The summed E-state index contributed by atoms with van der Waals surface area (Å²) in [6.07, 6.45) is 0. The van der Waals surface area contributed by atoms with Crippen LogP contribution in [-0.4, -0.2) is 39.9 Å². The Balaban J connectivity index is 2.60. The highest BCUT2D eigenvalue weighted by Gasteiger charge is 2.13. The predicted octanol–water partition coefficient (Wildman–Crippen LogP) is 1.93. The summed E-state index contributed by atoms with van der Waals surface area (Å²) in [6, 6.07) is 5.93. The number of hydrogen-bond acceptors (Lipinski definition) is 3. The Kier molecular flexibility index (Phi) is 5.82. The van der Waals surface area contributed by atoms with Crippen LogP contribution in [0.4, 0.5) is 5.69 Å². The van der Waals surface area contributed by atoms with Crippen molar-refractivity contribution in [2.75, 3.05) is 38.9 Å². The lowest BCUT2D eigenvalue weighted by molar-refractivity contribution is -0.123. The smallest absolute Gasteiger partial charge is 0.252 e. The largest absolute Gasteiger partial charge is 0.382 e.